The number of halogens is 3. The van der Waals surface area contributed by atoms with Gasteiger partial charge in [0, 0.05) is 5.56 Å². The molecule has 1 aromatic rings. The Bertz CT molecular complexity index is 395. The zero-order valence-corrected chi connectivity index (χ0v) is 6.80. The molecule has 5 heteroatoms. The van der Waals surface area contributed by atoms with E-state index in [0.717, 1.165) is 12.1 Å². The first-order chi connectivity index (χ1) is 6.52. The van der Waals surface area contributed by atoms with E-state index in [1.54, 1.807) is 0 Å². The Balaban J connectivity index is 3.19. The fraction of sp³-hybridized carbons (Fsp3) is 0. The van der Waals surface area contributed by atoms with Crippen LogP contribution in [0.1, 0.15) is 15.9 Å². The maximum absolute atomic E-state index is 12.6. The van der Waals surface area contributed by atoms with Crippen LogP contribution in [-0.4, -0.2) is 11.1 Å². The van der Waals surface area contributed by atoms with E-state index in [4.69, 9.17) is 5.11 Å². The largest absolute Gasteiger partial charge is 0.478 e. The summed E-state index contributed by atoms with van der Waals surface area (Å²) >= 11 is 0. The lowest BCUT2D eigenvalue weighted by molar-refractivity contribution is 0.0697. The summed E-state index contributed by atoms with van der Waals surface area (Å²) in [4.78, 5) is 10.4. The number of hydrogen-bond acceptors (Lipinski definition) is 1. The molecule has 0 fully saturated rings. The van der Waals surface area contributed by atoms with Crippen molar-refractivity contribution in [2.24, 2.45) is 0 Å². The monoisotopic (exact) mass is 202 g/mol. The molecule has 0 aliphatic rings. The van der Waals surface area contributed by atoms with Crippen LogP contribution in [0.4, 0.5) is 13.2 Å². The fourth-order valence-electron chi connectivity index (χ4n) is 0.898. The molecule has 0 amide bonds. The van der Waals surface area contributed by atoms with Crippen molar-refractivity contribution in [3.63, 3.8) is 0 Å². The molecule has 0 radical (unpaired) electrons. The minimum Gasteiger partial charge on any atom is -0.478 e. The van der Waals surface area contributed by atoms with Crippen molar-refractivity contribution in [1.29, 1.82) is 0 Å². The van der Waals surface area contributed by atoms with Gasteiger partial charge in [-0.25, -0.2) is 9.18 Å². The molecular formula is C9H5F3O2. The number of benzene rings is 1. The minimum atomic E-state index is -2.47. The molecular weight excluding hydrogens is 197 g/mol. The van der Waals surface area contributed by atoms with E-state index in [-0.39, 0.29) is 5.56 Å². The number of hydrogen-bond donors (Lipinski definition) is 1. The average Bonchev–Trinajstić information content (AvgIpc) is 2.16. The smallest absolute Gasteiger partial charge is 0.335 e. The van der Waals surface area contributed by atoms with Gasteiger partial charge in [-0.2, -0.15) is 8.78 Å². The molecule has 0 spiro atoms. The Kier molecular flexibility index (Phi) is 2.91. The molecule has 0 heterocycles. The molecule has 0 aromatic heterocycles. The summed E-state index contributed by atoms with van der Waals surface area (Å²) in [6.07, 6.45) is -2.47. The molecule has 14 heavy (non-hydrogen) atoms. The highest BCUT2D eigenvalue weighted by Gasteiger charge is 2.10. The standard InChI is InChI=1S/C9H5F3O2/c10-7(8(11)12)5-2-1-3-6(4-5)9(13)14/h1-4H,(H,13,14). The highest BCUT2D eigenvalue weighted by molar-refractivity contribution is 5.88. The average molecular weight is 202 g/mol. The van der Waals surface area contributed by atoms with Gasteiger partial charge in [0.15, 0.2) is 5.83 Å². The molecule has 1 aromatic carbocycles. The third-order valence-corrected chi connectivity index (χ3v) is 1.53. The van der Waals surface area contributed by atoms with Crippen LogP contribution < -0.4 is 0 Å². The van der Waals surface area contributed by atoms with Crippen LogP contribution in [-0.2, 0) is 0 Å². The van der Waals surface area contributed by atoms with Crippen molar-refractivity contribution in [3.8, 4) is 0 Å². The molecule has 0 saturated carbocycles. The second kappa shape index (κ2) is 3.95. The van der Waals surface area contributed by atoms with Crippen LogP contribution in [0.3, 0.4) is 0 Å². The van der Waals surface area contributed by atoms with Crippen LogP contribution in [0.25, 0.3) is 5.83 Å². The van der Waals surface area contributed by atoms with Crippen molar-refractivity contribution >= 4 is 11.8 Å². The first kappa shape index (κ1) is 10.3. The van der Waals surface area contributed by atoms with Gasteiger partial charge in [0.2, 0.25) is 0 Å². The highest BCUT2D eigenvalue weighted by atomic mass is 19.3. The molecule has 1 N–H and O–H groups in total. The van der Waals surface area contributed by atoms with E-state index in [9.17, 15) is 18.0 Å². The topological polar surface area (TPSA) is 37.3 Å². The Labute approximate surface area is 77.3 Å². The summed E-state index contributed by atoms with van der Waals surface area (Å²) in [6.45, 7) is 0. The van der Waals surface area contributed by atoms with Crippen molar-refractivity contribution < 1.29 is 23.1 Å². The van der Waals surface area contributed by atoms with Gasteiger partial charge in [-0.05, 0) is 12.1 Å². The van der Waals surface area contributed by atoms with E-state index < -0.39 is 23.4 Å². The summed E-state index contributed by atoms with van der Waals surface area (Å²) in [5.74, 6) is -2.99. The van der Waals surface area contributed by atoms with Crippen LogP contribution in [0.2, 0.25) is 0 Å². The SMILES string of the molecule is O=C(O)c1cccc(C(F)=C(F)F)c1. The van der Waals surface area contributed by atoms with Crippen molar-refractivity contribution in [3.05, 3.63) is 41.5 Å². The van der Waals surface area contributed by atoms with E-state index in [2.05, 4.69) is 0 Å². The predicted molar refractivity (Wildman–Crippen MR) is 43.6 cm³/mol. The van der Waals surface area contributed by atoms with E-state index in [1.807, 2.05) is 0 Å². The van der Waals surface area contributed by atoms with Gasteiger partial charge in [-0.3, -0.25) is 0 Å². The van der Waals surface area contributed by atoms with E-state index in [1.165, 1.54) is 12.1 Å². The van der Waals surface area contributed by atoms with E-state index in [0.29, 0.717) is 0 Å². The third-order valence-electron chi connectivity index (χ3n) is 1.53. The van der Waals surface area contributed by atoms with Crippen LogP contribution in [0, 0.1) is 0 Å². The number of carboxylic acids is 1. The van der Waals surface area contributed by atoms with Gasteiger partial charge < -0.3 is 5.11 Å². The Hall–Kier alpha value is -1.78. The second-order valence-corrected chi connectivity index (χ2v) is 2.46. The van der Waals surface area contributed by atoms with Gasteiger partial charge in [-0.1, -0.05) is 12.1 Å². The molecule has 2 nitrogen and oxygen atoms in total. The molecule has 0 aliphatic carbocycles. The van der Waals surface area contributed by atoms with Crippen molar-refractivity contribution in [2.45, 2.75) is 0 Å². The zero-order chi connectivity index (χ0) is 10.7. The Morgan fingerprint density at radius 3 is 2.21 bits per heavy atom. The Morgan fingerprint density at radius 2 is 1.71 bits per heavy atom. The lowest BCUT2D eigenvalue weighted by Crippen LogP contribution is -1.96. The third kappa shape index (κ3) is 2.12. The maximum Gasteiger partial charge on any atom is 0.335 e. The summed E-state index contributed by atoms with van der Waals surface area (Å²) < 4.78 is 36.2. The molecule has 0 atom stereocenters. The van der Waals surface area contributed by atoms with Crippen molar-refractivity contribution in [1.82, 2.24) is 0 Å². The summed E-state index contributed by atoms with van der Waals surface area (Å²) in [5, 5.41) is 8.50. The second-order valence-electron chi connectivity index (χ2n) is 2.46. The normalized spacial score (nSPS) is 9.64. The van der Waals surface area contributed by atoms with E-state index >= 15 is 0 Å². The summed E-state index contributed by atoms with van der Waals surface area (Å²) in [7, 11) is 0. The first-order valence-corrected chi connectivity index (χ1v) is 3.57. The molecule has 74 valence electrons. The summed E-state index contributed by atoms with van der Waals surface area (Å²) in [6, 6.07) is 4.30. The zero-order valence-electron chi connectivity index (χ0n) is 6.80. The van der Waals surface area contributed by atoms with Crippen molar-refractivity contribution in [2.75, 3.05) is 0 Å². The number of aromatic carboxylic acids is 1. The predicted octanol–water partition coefficient (Wildman–Crippen LogP) is 2.92. The first-order valence-electron chi connectivity index (χ1n) is 3.57. The van der Waals surface area contributed by atoms with Gasteiger partial charge in [0.05, 0.1) is 5.56 Å². The Morgan fingerprint density at radius 1 is 1.14 bits per heavy atom. The molecule has 0 bridgehead atoms. The quantitative estimate of drug-likeness (QED) is 0.800. The summed E-state index contributed by atoms with van der Waals surface area (Å²) in [5.41, 5.74) is -0.677. The molecule has 0 unspecified atom stereocenters. The van der Waals surface area contributed by atoms with Crippen LogP contribution >= 0.6 is 0 Å². The van der Waals surface area contributed by atoms with Gasteiger partial charge in [0.25, 0.3) is 0 Å². The molecule has 1 rings (SSSR count). The van der Waals surface area contributed by atoms with Gasteiger partial charge in [-0.15, -0.1) is 0 Å². The fourth-order valence-corrected chi connectivity index (χ4v) is 0.898. The van der Waals surface area contributed by atoms with Gasteiger partial charge >= 0.3 is 12.0 Å². The van der Waals surface area contributed by atoms with Crippen LogP contribution in [0.5, 0.6) is 0 Å². The molecule has 0 saturated heterocycles. The number of carboxylic acid groups (broad SMARTS) is 1. The molecule has 0 aliphatic heterocycles. The van der Waals surface area contributed by atoms with Gasteiger partial charge in [0.1, 0.15) is 0 Å². The lowest BCUT2D eigenvalue weighted by Gasteiger charge is -1.98. The minimum absolute atomic E-state index is 0.237. The number of rotatable bonds is 2. The number of carbonyl (C=O) groups is 1. The maximum atomic E-state index is 12.6. The highest BCUT2D eigenvalue weighted by Crippen LogP contribution is 2.22. The van der Waals surface area contributed by atoms with Crippen LogP contribution in [0.15, 0.2) is 30.3 Å². The lowest BCUT2D eigenvalue weighted by atomic mass is 10.1.